The molecule has 8 nitrogen and oxygen atoms in total. The van der Waals surface area contributed by atoms with Crippen LogP contribution in [0.1, 0.15) is 22.3 Å². The van der Waals surface area contributed by atoms with Gasteiger partial charge in [0.15, 0.2) is 0 Å². The number of para-hydroxylation sites is 2. The van der Waals surface area contributed by atoms with Gasteiger partial charge in [-0.15, -0.1) is 0 Å². The fourth-order valence-electron chi connectivity index (χ4n) is 4.28. The topological polar surface area (TPSA) is 102 Å². The lowest BCUT2D eigenvalue weighted by Gasteiger charge is -2.15. The normalized spacial score (nSPS) is 14.8. The van der Waals surface area contributed by atoms with E-state index in [-0.39, 0.29) is 11.5 Å². The summed E-state index contributed by atoms with van der Waals surface area (Å²) in [7, 11) is 0. The van der Waals surface area contributed by atoms with Crippen LogP contribution in [0.4, 0.5) is 11.4 Å². The number of phenols is 2. The fraction of sp³-hybridized carbons (Fsp3) is 0.212. The minimum absolute atomic E-state index is 0.167. The maximum Gasteiger partial charge on any atom is 0.124 e. The lowest BCUT2D eigenvalue weighted by atomic mass is 10.0. The van der Waals surface area contributed by atoms with Crippen molar-refractivity contribution in [1.29, 1.82) is 0 Å². The Morgan fingerprint density at radius 3 is 1.44 bits per heavy atom. The van der Waals surface area contributed by atoms with E-state index in [1.165, 1.54) is 0 Å². The van der Waals surface area contributed by atoms with Crippen molar-refractivity contribution in [3.63, 3.8) is 0 Å². The number of rotatable bonds is 4. The van der Waals surface area contributed by atoms with Crippen molar-refractivity contribution in [2.75, 3.05) is 39.6 Å². The van der Waals surface area contributed by atoms with Crippen molar-refractivity contribution in [3.8, 4) is 23.0 Å². The summed E-state index contributed by atoms with van der Waals surface area (Å²) in [6.45, 7) is 2.61. The van der Waals surface area contributed by atoms with E-state index in [0.29, 0.717) is 57.2 Å². The average Bonchev–Trinajstić information content (AvgIpc) is 2.99. The van der Waals surface area contributed by atoms with Gasteiger partial charge in [0.05, 0.1) is 37.8 Å². The summed E-state index contributed by atoms with van der Waals surface area (Å²) >= 11 is 0. The Morgan fingerprint density at radius 2 is 0.976 bits per heavy atom. The Balaban J connectivity index is 1.48. The molecule has 0 fully saturated rings. The van der Waals surface area contributed by atoms with Gasteiger partial charge in [-0.1, -0.05) is 24.3 Å². The Kier molecular flexibility index (Phi) is 9.60. The van der Waals surface area contributed by atoms with Crippen molar-refractivity contribution >= 4 is 23.8 Å². The molecule has 0 amide bonds. The van der Waals surface area contributed by atoms with Crippen molar-refractivity contribution in [2.24, 2.45) is 9.98 Å². The summed E-state index contributed by atoms with van der Waals surface area (Å²) in [6, 6.07) is 25.6. The Hall–Kier alpha value is -4.66. The van der Waals surface area contributed by atoms with Gasteiger partial charge in [0.25, 0.3) is 0 Å². The number of fused-ring (bicyclic) bond motifs is 2. The smallest absolute Gasteiger partial charge is 0.124 e. The first-order valence-corrected chi connectivity index (χ1v) is 13.5. The third kappa shape index (κ3) is 7.94. The quantitative estimate of drug-likeness (QED) is 0.302. The Morgan fingerprint density at radius 1 is 0.537 bits per heavy atom. The molecule has 1 aliphatic heterocycles. The molecule has 8 heteroatoms. The number of hydrogen-bond donors (Lipinski definition) is 2. The molecule has 1 heterocycles. The molecule has 0 bridgehead atoms. The minimum Gasteiger partial charge on any atom is -0.507 e. The minimum atomic E-state index is 0.167. The molecule has 5 rings (SSSR count). The number of ether oxygens (including phenoxy) is 4. The maximum absolute atomic E-state index is 10.1. The molecule has 41 heavy (non-hydrogen) atoms. The number of aromatic hydroxyl groups is 2. The lowest BCUT2D eigenvalue weighted by molar-refractivity contribution is 0.0274. The van der Waals surface area contributed by atoms with Crippen LogP contribution in [0.2, 0.25) is 0 Å². The molecule has 1 aliphatic rings. The van der Waals surface area contributed by atoms with E-state index in [2.05, 4.69) is 9.98 Å². The van der Waals surface area contributed by atoms with E-state index in [4.69, 9.17) is 18.9 Å². The number of phenolic OH excluding ortho intramolecular Hbond substituents is 2. The first kappa shape index (κ1) is 27.9. The third-order valence-electron chi connectivity index (χ3n) is 6.39. The molecule has 0 spiro atoms. The summed E-state index contributed by atoms with van der Waals surface area (Å²) < 4.78 is 23.5. The third-order valence-corrected chi connectivity index (χ3v) is 6.39. The van der Waals surface area contributed by atoms with E-state index in [0.717, 1.165) is 34.0 Å². The molecule has 2 N–H and O–H groups in total. The predicted molar refractivity (Wildman–Crippen MR) is 159 cm³/mol. The maximum atomic E-state index is 10.1. The summed E-state index contributed by atoms with van der Waals surface area (Å²) in [5.41, 5.74) is 4.52. The SMILES string of the molecule is Oc1ccccc1C=Nc1ccc2c(c1)Cc1cc(N=Cc3ccccc3O)ccc1OCCOCCOCCO2. The standard InChI is InChI=1S/C33H32N2O6/c36-30-7-3-1-5-24(30)22-34-28-9-11-32-26(20-28)19-27-21-29(35-23-25-6-2-4-8-31(25)37)10-12-33(27)41-18-16-39-14-13-38-15-17-40-32/h1-12,20-23,36-37H,13-19H2. The van der Waals surface area contributed by atoms with Gasteiger partial charge in [-0.05, 0) is 60.7 Å². The fourth-order valence-corrected chi connectivity index (χ4v) is 4.28. The average molecular weight is 553 g/mol. The van der Waals surface area contributed by atoms with Crippen LogP contribution in [0, 0.1) is 0 Å². The van der Waals surface area contributed by atoms with Gasteiger partial charge in [0.1, 0.15) is 36.2 Å². The second-order valence-corrected chi connectivity index (χ2v) is 9.32. The number of hydrogen-bond acceptors (Lipinski definition) is 8. The van der Waals surface area contributed by atoms with Crippen molar-refractivity contribution in [2.45, 2.75) is 6.42 Å². The molecular weight excluding hydrogens is 520 g/mol. The van der Waals surface area contributed by atoms with Gasteiger partial charge < -0.3 is 29.2 Å². The Bertz CT molecular complexity index is 1400. The van der Waals surface area contributed by atoms with Crippen molar-refractivity contribution < 1.29 is 29.2 Å². The van der Waals surface area contributed by atoms with Crippen LogP contribution in [0.5, 0.6) is 23.0 Å². The van der Waals surface area contributed by atoms with Gasteiger partial charge in [-0.25, -0.2) is 0 Å². The molecule has 0 unspecified atom stereocenters. The van der Waals surface area contributed by atoms with E-state index in [9.17, 15) is 10.2 Å². The predicted octanol–water partition coefficient (Wildman–Crippen LogP) is 5.99. The molecule has 0 aliphatic carbocycles. The second-order valence-electron chi connectivity index (χ2n) is 9.32. The van der Waals surface area contributed by atoms with Crippen LogP contribution >= 0.6 is 0 Å². The zero-order valence-electron chi connectivity index (χ0n) is 22.6. The van der Waals surface area contributed by atoms with Gasteiger partial charge in [-0.2, -0.15) is 0 Å². The zero-order chi connectivity index (χ0) is 28.3. The van der Waals surface area contributed by atoms with Crippen LogP contribution < -0.4 is 9.47 Å². The van der Waals surface area contributed by atoms with Gasteiger partial charge in [0, 0.05) is 41.1 Å². The van der Waals surface area contributed by atoms with Gasteiger partial charge in [0.2, 0.25) is 0 Å². The molecular formula is C33H32N2O6. The second kappa shape index (κ2) is 14.1. The van der Waals surface area contributed by atoms with Gasteiger partial charge >= 0.3 is 0 Å². The van der Waals surface area contributed by atoms with Crippen LogP contribution in [-0.2, 0) is 15.9 Å². The highest BCUT2D eigenvalue weighted by Crippen LogP contribution is 2.32. The van der Waals surface area contributed by atoms with E-state index >= 15 is 0 Å². The van der Waals surface area contributed by atoms with Crippen molar-refractivity contribution in [3.05, 3.63) is 107 Å². The summed E-state index contributed by atoms with van der Waals surface area (Å²) in [6.07, 6.45) is 3.77. The zero-order valence-corrected chi connectivity index (χ0v) is 22.6. The highest BCUT2D eigenvalue weighted by molar-refractivity contribution is 5.86. The van der Waals surface area contributed by atoms with Crippen LogP contribution in [0.15, 0.2) is 94.9 Å². The molecule has 0 saturated heterocycles. The number of benzene rings is 4. The molecule has 0 radical (unpaired) electrons. The number of nitrogens with zero attached hydrogens (tertiary/aromatic N) is 2. The molecule has 0 atom stereocenters. The first-order chi connectivity index (χ1) is 20.2. The molecule has 4 aromatic carbocycles. The van der Waals surface area contributed by atoms with Crippen LogP contribution in [0.25, 0.3) is 0 Å². The van der Waals surface area contributed by atoms with Crippen LogP contribution in [-0.4, -0.2) is 62.3 Å². The van der Waals surface area contributed by atoms with E-state index < -0.39 is 0 Å². The first-order valence-electron chi connectivity index (χ1n) is 13.5. The largest absolute Gasteiger partial charge is 0.507 e. The van der Waals surface area contributed by atoms with E-state index in [1.54, 1.807) is 48.8 Å². The molecule has 0 saturated carbocycles. The number of aliphatic imine (C=N–C) groups is 2. The van der Waals surface area contributed by atoms with Crippen LogP contribution in [0.3, 0.4) is 0 Å². The molecule has 0 aromatic heterocycles. The molecule has 4 aromatic rings. The van der Waals surface area contributed by atoms with Crippen molar-refractivity contribution in [1.82, 2.24) is 0 Å². The van der Waals surface area contributed by atoms with E-state index in [1.807, 2.05) is 48.5 Å². The monoisotopic (exact) mass is 552 g/mol. The van der Waals surface area contributed by atoms with Gasteiger partial charge in [-0.3, -0.25) is 9.98 Å². The lowest BCUT2D eigenvalue weighted by Crippen LogP contribution is -2.13. The summed E-state index contributed by atoms with van der Waals surface area (Å²) in [5.74, 6) is 1.77. The Labute approximate surface area is 239 Å². The highest BCUT2D eigenvalue weighted by Gasteiger charge is 2.13. The summed E-state index contributed by atoms with van der Waals surface area (Å²) in [4.78, 5) is 9.20. The highest BCUT2D eigenvalue weighted by atomic mass is 16.6. The summed E-state index contributed by atoms with van der Waals surface area (Å²) in [5, 5.41) is 20.2. The molecule has 210 valence electrons.